The van der Waals surface area contributed by atoms with Gasteiger partial charge in [-0.1, -0.05) is 0 Å². The van der Waals surface area contributed by atoms with E-state index in [2.05, 4.69) is 27.3 Å². The van der Waals surface area contributed by atoms with Crippen molar-refractivity contribution in [2.24, 2.45) is 10.7 Å². The van der Waals surface area contributed by atoms with Gasteiger partial charge < -0.3 is 16.0 Å². The van der Waals surface area contributed by atoms with Gasteiger partial charge in [0.1, 0.15) is 0 Å². The maximum absolute atomic E-state index is 5.70. The molecule has 1 aromatic carbocycles. The van der Waals surface area contributed by atoms with E-state index < -0.39 is 0 Å². The van der Waals surface area contributed by atoms with Crippen LogP contribution in [0.25, 0.3) is 0 Å². The van der Waals surface area contributed by atoms with Gasteiger partial charge in [-0.05, 0) is 44.0 Å². The summed E-state index contributed by atoms with van der Waals surface area (Å²) in [6.45, 7) is 5.01. The van der Waals surface area contributed by atoms with Gasteiger partial charge in [0, 0.05) is 31.0 Å². The lowest BCUT2D eigenvalue weighted by Gasteiger charge is -2.17. The van der Waals surface area contributed by atoms with E-state index in [0.29, 0.717) is 12.5 Å². The minimum atomic E-state index is 0.474. The molecule has 1 aliphatic rings. The predicted octanol–water partition coefficient (Wildman–Crippen LogP) is 2.03. The first-order chi connectivity index (χ1) is 8.29. The maximum Gasteiger partial charge on any atom is 0.193 e. The Labute approximate surface area is 103 Å². The first kappa shape index (κ1) is 11.8. The SMILES string of the molecule is CCN=C(N)Nc1ccc(N2CCCC2)cc1. The molecule has 0 bridgehead atoms. The molecule has 1 saturated heterocycles. The highest BCUT2D eigenvalue weighted by Crippen LogP contribution is 2.21. The normalized spacial score (nSPS) is 16.3. The van der Waals surface area contributed by atoms with Gasteiger partial charge in [-0.25, -0.2) is 0 Å². The standard InChI is InChI=1S/C13H20N4/c1-2-15-13(14)16-11-5-7-12(8-6-11)17-9-3-4-10-17/h5-8H,2-4,9-10H2,1H3,(H3,14,15,16). The number of nitrogens with two attached hydrogens (primary N) is 1. The minimum Gasteiger partial charge on any atom is -0.372 e. The first-order valence-corrected chi connectivity index (χ1v) is 6.21. The first-order valence-electron chi connectivity index (χ1n) is 6.21. The van der Waals surface area contributed by atoms with E-state index in [9.17, 15) is 0 Å². The van der Waals surface area contributed by atoms with Crippen molar-refractivity contribution in [3.05, 3.63) is 24.3 Å². The van der Waals surface area contributed by atoms with E-state index in [-0.39, 0.29) is 0 Å². The van der Waals surface area contributed by atoms with Crippen LogP contribution < -0.4 is 16.0 Å². The number of nitrogens with one attached hydrogen (secondary N) is 1. The van der Waals surface area contributed by atoms with Crippen LogP contribution in [0, 0.1) is 0 Å². The smallest absolute Gasteiger partial charge is 0.193 e. The Hall–Kier alpha value is -1.71. The highest BCUT2D eigenvalue weighted by Gasteiger charge is 2.11. The molecule has 1 aliphatic heterocycles. The lowest BCUT2D eigenvalue weighted by Crippen LogP contribution is -2.22. The summed E-state index contributed by atoms with van der Waals surface area (Å²) in [5, 5.41) is 3.07. The van der Waals surface area contributed by atoms with E-state index in [4.69, 9.17) is 5.73 Å². The predicted molar refractivity (Wildman–Crippen MR) is 73.7 cm³/mol. The molecule has 4 heteroatoms. The molecule has 1 heterocycles. The Morgan fingerprint density at radius 1 is 1.29 bits per heavy atom. The topological polar surface area (TPSA) is 53.6 Å². The Morgan fingerprint density at radius 3 is 2.53 bits per heavy atom. The molecule has 1 aromatic rings. The number of nitrogens with zero attached hydrogens (tertiary/aromatic N) is 2. The molecule has 2 rings (SSSR count). The fourth-order valence-corrected chi connectivity index (χ4v) is 2.09. The van der Waals surface area contributed by atoms with Crippen molar-refractivity contribution in [2.75, 3.05) is 29.9 Å². The average molecular weight is 232 g/mol. The van der Waals surface area contributed by atoms with Crippen molar-refractivity contribution in [1.82, 2.24) is 0 Å². The second-order valence-corrected chi connectivity index (χ2v) is 4.23. The lowest BCUT2D eigenvalue weighted by atomic mass is 10.2. The largest absolute Gasteiger partial charge is 0.372 e. The number of hydrogen-bond acceptors (Lipinski definition) is 2. The Bertz CT molecular complexity index is 377. The van der Waals surface area contributed by atoms with Gasteiger partial charge in [0.2, 0.25) is 0 Å². The maximum atomic E-state index is 5.70. The van der Waals surface area contributed by atoms with E-state index in [1.54, 1.807) is 0 Å². The van der Waals surface area contributed by atoms with Crippen LogP contribution in [0.4, 0.5) is 11.4 Å². The molecular weight excluding hydrogens is 212 g/mol. The fraction of sp³-hybridized carbons (Fsp3) is 0.462. The zero-order valence-corrected chi connectivity index (χ0v) is 10.3. The highest BCUT2D eigenvalue weighted by molar-refractivity contribution is 5.92. The van der Waals surface area contributed by atoms with Crippen LogP contribution in [0.1, 0.15) is 19.8 Å². The Morgan fingerprint density at radius 2 is 1.94 bits per heavy atom. The molecule has 0 radical (unpaired) electrons. The van der Waals surface area contributed by atoms with Gasteiger partial charge in [0.15, 0.2) is 5.96 Å². The van der Waals surface area contributed by atoms with Crippen LogP contribution in [0.3, 0.4) is 0 Å². The molecule has 3 N–H and O–H groups in total. The third-order valence-corrected chi connectivity index (χ3v) is 2.94. The molecule has 1 fully saturated rings. The second kappa shape index (κ2) is 5.57. The summed E-state index contributed by atoms with van der Waals surface area (Å²) in [5.41, 5.74) is 7.98. The summed E-state index contributed by atoms with van der Waals surface area (Å²) in [6, 6.07) is 8.36. The molecule has 17 heavy (non-hydrogen) atoms. The summed E-state index contributed by atoms with van der Waals surface area (Å²) in [5.74, 6) is 0.474. The second-order valence-electron chi connectivity index (χ2n) is 4.23. The van der Waals surface area contributed by atoms with Crippen molar-refractivity contribution in [1.29, 1.82) is 0 Å². The van der Waals surface area contributed by atoms with Gasteiger partial charge >= 0.3 is 0 Å². The molecule has 0 atom stereocenters. The van der Waals surface area contributed by atoms with E-state index >= 15 is 0 Å². The molecule has 0 saturated carbocycles. The fourth-order valence-electron chi connectivity index (χ4n) is 2.09. The quantitative estimate of drug-likeness (QED) is 0.619. The highest BCUT2D eigenvalue weighted by atomic mass is 15.1. The zero-order valence-electron chi connectivity index (χ0n) is 10.3. The van der Waals surface area contributed by atoms with E-state index in [0.717, 1.165) is 5.69 Å². The number of benzene rings is 1. The number of hydrogen-bond donors (Lipinski definition) is 2. The third kappa shape index (κ3) is 3.12. The summed E-state index contributed by atoms with van der Waals surface area (Å²) >= 11 is 0. The summed E-state index contributed by atoms with van der Waals surface area (Å²) in [7, 11) is 0. The summed E-state index contributed by atoms with van der Waals surface area (Å²) in [6.07, 6.45) is 2.60. The molecule has 4 nitrogen and oxygen atoms in total. The number of anilines is 2. The minimum absolute atomic E-state index is 0.474. The van der Waals surface area contributed by atoms with Gasteiger partial charge in [0.25, 0.3) is 0 Å². The Balaban J connectivity index is 2.00. The van der Waals surface area contributed by atoms with Crippen LogP contribution in [-0.2, 0) is 0 Å². The van der Waals surface area contributed by atoms with E-state index in [1.165, 1.54) is 31.6 Å². The third-order valence-electron chi connectivity index (χ3n) is 2.94. The van der Waals surface area contributed by atoms with Crippen molar-refractivity contribution in [3.63, 3.8) is 0 Å². The molecule has 0 amide bonds. The van der Waals surface area contributed by atoms with Crippen LogP contribution >= 0.6 is 0 Å². The molecule has 0 aliphatic carbocycles. The van der Waals surface area contributed by atoms with Gasteiger partial charge in [-0.3, -0.25) is 4.99 Å². The Kier molecular flexibility index (Phi) is 3.85. The van der Waals surface area contributed by atoms with Gasteiger partial charge in [-0.15, -0.1) is 0 Å². The van der Waals surface area contributed by atoms with Crippen LogP contribution in [0.2, 0.25) is 0 Å². The molecular formula is C13H20N4. The van der Waals surface area contributed by atoms with Crippen LogP contribution in [0.15, 0.2) is 29.3 Å². The molecule has 0 unspecified atom stereocenters. The number of rotatable bonds is 3. The van der Waals surface area contributed by atoms with Crippen LogP contribution in [-0.4, -0.2) is 25.6 Å². The zero-order chi connectivity index (χ0) is 12.1. The molecule has 92 valence electrons. The molecule has 0 aromatic heterocycles. The lowest BCUT2D eigenvalue weighted by molar-refractivity contribution is 0.949. The van der Waals surface area contributed by atoms with Crippen molar-refractivity contribution < 1.29 is 0 Å². The van der Waals surface area contributed by atoms with Crippen LogP contribution in [0.5, 0.6) is 0 Å². The van der Waals surface area contributed by atoms with Crippen molar-refractivity contribution in [3.8, 4) is 0 Å². The van der Waals surface area contributed by atoms with Gasteiger partial charge in [0.05, 0.1) is 0 Å². The number of guanidine groups is 1. The van der Waals surface area contributed by atoms with Gasteiger partial charge in [-0.2, -0.15) is 0 Å². The summed E-state index contributed by atoms with van der Waals surface area (Å²) in [4.78, 5) is 6.50. The van der Waals surface area contributed by atoms with Crippen molar-refractivity contribution in [2.45, 2.75) is 19.8 Å². The number of aliphatic imine (C=N–C) groups is 1. The van der Waals surface area contributed by atoms with E-state index in [1.807, 2.05) is 19.1 Å². The van der Waals surface area contributed by atoms with Crippen molar-refractivity contribution >= 4 is 17.3 Å². The monoisotopic (exact) mass is 232 g/mol. The summed E-state index contributed by atoms with van der Waals surface area (Å²) < 4.78 is 0. The molecule has 0 spiro atoms. The average Bonchev–Trinajstić information content (AvgIpc) is 2.84.